The van der Waals surface area contributed by atoms with Crippen LogP contribution in [0.3, 0.4) is 0 Å². The molecule has 1 saturated carbocycles. The summed E-state index contributed by atoms with van der Waals surface area (Å²) in [5.74, 6) is 1.75. The van der Waals surface area contributed by atoms with E-state index in [1.807, 2.05) is 0 Å². The fourth-order valence-corrected chi connectivity index (χ4v) is 3.08. The first-order chi connectivity index (χ1) is 8.97. The molecular weight excluding hydrogens is 238 g/mol. The third kappa shape index (κ3) is 6.24. The summed E-state index contributed by atoms with van der Waals surface area (Å²) in [4.78, 5) is 0. The Labute approximate surface area is 119 Å². The second kappa shape index (κ2) is 8.23. The van der Waals surface area contributed by atoms with Gasteiger partial charge in [0.1, 0.15) is 0 Å². The highest BCUT2D eigenvalue weighted by atomic mass is 16.5. The average Bonchev–Trinajstić information content (AvgIpc) is 2.37. The normalized spacial score (nSPS) is 26.4. The molecule has 0 radical (unpaired) electrons. The van der Waals surface area contributed by atoms with Gasteiger partial charge in [-0.05, 0) is 49.5 Å². The molecule has 0 amide bonds. The minimum absolute atomic E-state index is 0.177. The zero-order chi connectivity index (χ0) is 14.3. The minimum Gasteiger partial charge on any atom is -0.382 e. The third-order valence-electron chi connectivity index (χ3n) is 4.56. The Bertz CT molecular complexity index is 229. The molecule has 0 aromatic heterocycles. The zero-order valence-corrected chi connectivity index (χ0v) is 13.5. The molecule has 0 aromatic carbocycles. The lowest BCUT2D eigenvalue weighted by atomic mass is 9.70. The molecule has 1 aliphatic carbocycles. The number of methoxy groups -OCH3 is 2. The first-order valence-corrected chi connectivity index (χ1v) is 7.69. The average molecular weight is 271 g/mol. The van der Waals surface area contributed by atoms with Crippen LogP contribution in [0.15, 0.2) is 0 Å². The van der Waals surface area contributed by atoms with Gasteiger partial charge in [0, 0.05) is 20.8 Å². The van der Waals surface area contributed by atoms with Crippen molar-refractivity contribution in [1.29, 1.82) is 0 Å². The second-order valence-corrected chi connectivity index (χ2v) is 7.05. The van der Waals surface area contributed by atoms with Crippen molar-refractivity contribution in [3.8, 4) is 0 Å². The predicted octanol–water partition coefficient (Wildman–Crippen LogP) is 3.09. The summed E-state index contributed by atoms with van der Waals surface area (Å²) in [6.45, 7) is 9.82. The molecule has 1 atom stereocenters. The van der Waals surface area contributed by atoms with Crippen LogP contribution in [0.5, 0.6) is 0 Å². The highest BCUT2D eigenvalue weighted by Gasteiger charge is 2.29. The van der Waals surface area contributed by atoms with Crippen molar-refractivity contribution in [2.75, 3.05) is 33.9 Å². The first-order valence-electron chi connectivity index (χ1n) is 7.69. The van der Waals surface area contributed by atoms with E-state index >= 15 is 0 Å². The van der Waals surface area contributed by atoms with Gasteiger partial charge in [-0.2, -0.15) is 0 Å². The fraction of sp³-hybridized carbons (Fsp3) is 1.00. The molecule has 3 nitrogen and oxygen atoms in total. The van der Waals surface area contributed by atoms with E-state index in [0.717, 1.165) is 24.9 Å². The van der Waals surface area contributed by atoms with Gasteiger partial charge in [-0.3, -0.25) is 0 Å². The van der Waals surface area contributed by atoms with Gasteiger partial charge >= 0.3 is 0 Å². The van der Waals surface area contributed by atoms with Crippen LogP contribution in [0.1, 0.15) is 46.5 Å². The van der Waals surface area contributed by atoms with Crippen molar-refractivity contribution in [2.24, 2.45) is 17.3 Å². The standard InChI is InChI=1S/C16H33NO2/c1-16(2,3)14-8-6-13(7-9-14)10-17-11-15(19-5)12-18-4/h13-15,17H,6-12H2,1-5H3. The lowest BCUT2D eigenvalue weighted by molar-refractivity contribution is 0.0279. The van der Waals surface area contributed by atoms with Gasteiger partial charge in [0.2, 0.25) is 0 Å². The Kier molecular flexibility index (Phi) is 7.33. The van der Waals surface area contributed by atoms with Crippen LogP contribution < -0.4 is 5.32 Å². The van der Waals surface area contributed by atoms with Gasteiger partial charge < -0.3 is 14.8 Å². The van der Waals surface area contributed by atoms with Crippen LogP contribution in [0, 0.1) is 17.3 Å². The monoisotopic (exact) mass is 271 g/mol. The Balaban J connectivity index is 2.16. The van der Waals surface area contributed by atoms with E-state index in [1.54, 1.807) is 14.2 Å². The van der Waals surface area contributed by atoms with Crippen molar-refractivity contribution >= 4 is 0 Å². The molecular formula is C16H33NO2. The van der Waals surface area contributed by atoms with Crippen molar-refractivity contribution in [3.05, 3.63) is 0 Å². The van der Waals surface area contributed by atoms with Gasteiger partial charge in [-0.1, -0.05) is 20.8 Å². The van der Waals surface area contributed by atoms with Crippen molar-refractivity contribution in [2.45, 2.75) is 52.6 Å². The molecule has 0 spiro atoms. The number of hydrogen-bond donors (Lipinski definition) is 1. The molecule has 114 valence electrons. The Morgan fingerprint density at radius 3 is 2.21 bits per heavy atom. The molecule has 0 saturated heterocycles. The fourth-order valence-electron chi connectivity index (χ4n) is 3.08. The lowest BCUT2D eigenvalue weighted by Crippen LogP contribution is -2.36. The largest absolute Gasteiger partial charge is 0.382 e. The van der Waals surface area contributed by atoms with Crippen LogP contribution in [0.2, 0.25) is 0 Å². The highest BCUT2D eigenvalue weighted by Crippen LogP contribution is 2.39. The van der Waals surface area contributed by atoms with Crippen molar-refractivity contribution in [3.63, 3.8) is 0 Å². The summed E-state index contributed by atoms with van der Waals surface area (Å²) in [6, 6.07) is 0. The zero-order valence-electron chi connectivity index (χ0n) is 13.5. The molecule has 0 heterocycles. The Morgan fingerprint density at radius 1 is 1.11 bits per heavy atom. The summed E-state index contributed by atoms with van der Waals surface area (Å²) in [5, 5.41) is 3.54. The van der Waals surface area contributed by atoms with E-state index in [2.05, 4.69) is 26.1 Å². The molecule has 3 heteroatoms. The maximum Gasteiger partial charge on any atom is 0.0928 e. The van der Waals surface area contributed by atoms with Gasteiger partial charge in [0.25, 0.3) is 0 Å². The third-order valence-corrected chi connectivity index (χ3v) is 4.56. The number of hydrogen-bond acceptors (Lipinski definition) is 3. The Morgan fingerprint density at radius 2 is 1.74 bits per heavy atom. The van der Waals surface area contributed by atoms with Crippen molar-refractivity contribution in [1.82, 2.24) is 5.32 Å². The molecule has 19 heavy (non-hydrogen) atoms. The summed E-state index contributed by atoms with van der Waals surface area (Å²) < 4.78 is 10.5. The Hall–Kier alpha value is -0.120. The van der Waals surface area contributed by atoms with E-state index in [4.69, 9.17) is 9.47 Å². The quantitative estimate of drug-likeness (QED) is 0.772. The van der Waals surface area contributed by atoms with Crippen LogP contribution in [0.25, 0.3) is 0 Å². The van der Waals surface area contributed by atoms with E-state index in [1.165, 1.54) is 25.7 Å². The molecule has 1 rings (SSSR count). The summed E-state index contributed by atoms with van der Waals surface area (Å²) >= 11 is 0. The summed E-state index contributed by atoms with van der Waals surface area (Å²) in [6.07, 6.45) is 5.70. The van der Waals surface area contributed by atoms with Gasteiger partial charge in [0.15, 0.2) is 0 Å². The topological polar surface area (TPSA) is 30.5 Å². The molecule has 0 aromatic rings. The maximum atomic E-state index is 5.35. The van der Waals surface area contributed by atoms with Gasteiger partial charge in [-0.25, -0.2) is 0 Å². The van der Waals surface area contributed by atoms with E-state index < -0.39 is 0 Å². The lowest BCUT2D eigenvalue weighted by Gasteiger charge is -2.37. The highest BCUT2D eigenvalue weighted by molar-refractivity contribution is 4.81. The van der Waals surface area contributed by atoms with Crippen molar-refractivity contribution < 1.29 is 9.47 Å². The minimum atomic E-state index is 0.177. The molecule has 1 unspecified atom stereocenters. The first kappa shape index (κ1) is 16.9. The predicted molar refractivity (Wildman–Crippen MR) is 80.4 cm³/mol. The number of nitrogens with one attached hydrogen (secondary N) is 1. The van der Waals surface area contributed by atoms with Crippen LogP contribution >= 0.6 is 0 Å². The molecule has 0 bridgehead atoms. The molecule has 1 fully saturated rings. The smallest absolute Gasteiger partial charge is 0.0928 e. The van der Waals surface area contributed by atoms with E-state index in [0.29, 0.717) is 12.0 Å². The summed E-state index contributed by atoms with van der Waals surface area (Å²) in [7, 11) is 3.47. The maximum absolute atomic E-state index is 5.35. The second-order valence-electron chi connectivity index (χ2n) is 7.05. The molecule has 1 N–H and O–H groups in total. The number of ether oxygens (including phenoxy) is 2. The van der Waals surface area contributed by atoms with E-state index in [9.17, 15) is 0 Å². The molecule has 1 aliphatic rings. The van der Waals surface area contributed by atoms with Crippen LogP contribution in [-0.4, -0.2) is 40.0 Å². The van der Waals surface area contributed by atoms with Gasteiger partial charge in [0.05, 0.1) is 12.7 Å². The number of rotatable bonds is 7. The van der Waals surface area contributed by atoms with Gasteiger partial charge in [-0.15, -0.1) is 0 Å². The van der Waals surface area contributed by atoms with Crippen LogP contribution in [0.4, 0.5) is 0 Å². The van der Waals surface area contributed by atoms with Crippen LogP contribution in [-0.2, 0) is 9.47 Å². The summed E-state index contributed by atoms with van der Waals surface area (Å²) in [5.41, 5.74) is 0.484. The van der Waals surface area contributed by atoms with E-state index in [-0.39, 0.29) is 6.10 Å². The molecule has 0 aliphatic heterocycles. The SMILES string of the molecule is COCC(CNCC1CCC(C(C)(C)C)CC1)OC.